The molecule has 6 nitrogen and oxygen atoms in total. The smallest absolute Gasteiger partial charge is 0.327 e. The van der Waals surface area contributed by atoms with E-state index < -0.39 is 18.0 Å². The summed E-state index contributed by atoms with van der Waals surface area (Å²) in [5.41, 5.74) is 4.38. The van der Waals surface area contributed by atoms with Gasteiger partial charge in [-0.3, -0.25) is 14.4 Å². The maximum Gasteiger partial charge on any atom is 0.327 e. The van der Waals surface area contributed by atoms with Gasteiger partial charge >= 0.3 is 5.97 Å². The predicted molar refractivity (Wildman–Crippen MR) is 146 cm³/mol. The van der Waals surface area contributed by atoms with Crippen molar-refractivity contribution in [3.05, 3.63) is 124 Å². The van der Waals surface area contributed by atoms with E-state index in [1.165, 1.54) is 0 Å². The molecule has 0 aliphatic carbocycles. The Morgan fingerprint density at radius 3 is 1.92 bits per heavy atom. The molecule has 0 aliphatic rings. The van der Waals surface area contributed by atoms with Crippen LogP contribution in [0.5, 0.6) is 0 Å². The highest BCUT2D eigenvalue weighted by Gasteiger charge is 2.26. The van der Waals surface area contributed by atoms with Gasteiger partial charge in [0.1, 0.15) is 6.54 Å². The number of aromatic nitrogens is 1. The van der Waals surface area contributed by atoms with Crippen molar-refractivity contribution in [1.82, 2.24) is 4.57 Å². The van der Waals surface area contributed by atoms with Crippen LogP contribution in [0.15, 0.2) is 102 Å². The summed E-state index contributed by atoms with van der Waals surface area (Å²) in [4.78, 5) is 39.7. The Labute approximate surface area is 214 Å². The molecule has 1 amide bonds. The van der Waals surface area contributed by atoms with Crippen molar-refractivity contribution in [2.24, 2.45) is 0 Å². The summed E-state index contributed by atoms with van der Waals surface area (Å²) in [5, 5.41) is 3.92. The van der Waals surface area contributed by atoms with Crippen LogP contribution in [0.4, 0.5) is 5.69 Å². The number of ether oxygens (including phenoxy) is 1. The summed E-state index contributed by atoms with van der Waals surface area (Å²) in [6.45, 7) is 3.74. The van der Waals surface area contributed by atoms with Gasteiger partial charge in [0.15, 0.2) is 5.43 Å². The monoisotopic (exact) mass is 490 g/mol. The van der Waals surface area contributed by atoms with E-state index in [4.69, 9.17) is 4.74 Å². The molecule has 0 aliphatic heterocycles. The topological polar surface area (TPSA) is 77.4 Å². The fraction of sp³-hybridized carbons (Fsp3) is 0.129. The summed E-state index contributed by atoms with van der Waals surface area (Å²) in [6, 6.07) is 29.0. The maximum absolute atomic E-state index is 13.4. The first kappa shape index (κ1) is 24.0. The summed E-state index contributed by atoms with van der Waals surface area (Å²) in [5.74, 6) is -1.04. The number of esters is 1. The lowest BCUT2D eigenvalue weighted by Gasteiger charge is -2.20. The van der Waals surface area contributed by atoms with Crippen LogP contribution < -0.4 is 10.7 Å². The van der Waals surface area contributed by atoms with Gasteiger partial charge in [-0.15, -0.1) is 0 Å². The Hall–Kier alpha value is -4.71. The molecule has 37 heavy (non-hydrogen) atoms. The Morgan fingerprint density at radius 2 is 1.32 bits per heavy atom. The van der Waals surface area contributed by atoms with E-state index >= 15 is 0 Å². The van der Waals surface area contributed by atoms with E-state index in [0.29, 0.717) is 33.1 Å². The molecule has 0 fully saturated rings. The Bertz CT molecular complexity index is 1610. The number of nitrogens with one attached hydrogen (secondary N) is 1. The van der Waals surface area contributed by atoms with E-state index in [-0.39, 0.29) is 12.0 Å². The van der Waals surface area contributed by atoms with E-state index in [1.54, 1.807) is 65.2 Å². The summed E-state index contributed by atoms with van der Waals surface area (Å²) >= 11 is 0. The van der Waals surface area contributed by atoms with Crippen LogP contribution in [0, 0.1) is 13.8 Å². The molecular formula is C31H26N2O4. The molecule has 4 aromatic carbocycles. The van der Waals surface area contributed by atoms with Crippen LogP contribution in [0.1, 0.15) is 22.8 Å². The number of para-hydroxylation sites is 2. The number of carbonyl (C=O) groups excluding carboxylic acids is 2. The molecule has 1 heterocycles. The standard InChI is InChI=1S/C31H26N2O4/c1-20-16-21(2)18-23(17-20)32-31(36)30(22-10-4-3-5-11-22)37-28(34)19-33-26-14-8-6-12-24(26)29(35)25-13-7-9-15-27(25)33/h3-18,30H,19H2,1-2H3,(H,32,36). The lowest BCUT2D eigenvalue weighted by molar-refractivity contribution is -0.155. The quantitative estimate of drug-likeness (QED) is 0.245. The minimum Gasteiger partial charge on any atom is -0.446 e. The minimum absolute atomic E-state index is 0.0918. The number of rotatable bonds is 6. The average Bonchev–Trinajstić information content (AvgIpc) is 2.89. The van der Waals surface area contributed by atoms with Gasteiger partial charge in [-0.25, -0.2) is 0 Å². The molecule has 1 unspecified atom stereocenters. The highest BCUT2D eigenvalue weighted by atomic mass is 16.5. The predicted octanol–water partition coefficient (Wildman–Crippen LogP) is 5.69. The summed E-state index contributed by atoms with van der Waals surface area (Å²) in [7, 11) is 0. The first-order valence-electron chi connectivity index (χ1n) is 12.0. The summed E-state index contributed by atoms with van der Waals surface area (Å²) < 4.78 is 7.58. The van der Waals surface area contributed by atoms with Crippen molar-refractivity contribution in [2.75, 3.05) is 5.32 Å². The Kier molecular flexibility index (Phi) is 6.56. The number of pyridine rings is 1. The highest BCUT2D eigenvalue weighted by molar-refractivity contribution is 5.97. The maximum atomic E-state index is 13.4. The van der Waals surface area contributed by atoms with Gasteiger partial charge in [0, 0.05) is 22.0 Å². The zero-order valence-electron chi connectivity index (χ0n) is 20.6. The molecule has 0 spiro atoms. The third-order valence-corrected chi connectivity index (χ3v) is 6.25. The van der Waals surface area contributed by atoms with Crippen LogP contribution in [0.25, 0.3) is 21.8 Å². The molecule has 0 saturated carbocycles. The molecule has 0 saturated heterocycles. The number of amides is 1. The fourth-order valence-electron chi connectivity index (χ4n) is 4.70. The molecule has 5 rings (SSSR count). The third-order valence-electron chi connectivity index (χ3n) is 6.25. The molecule has 1 N–H and O–H groups in total. The second-order valence-electron chi connectivity index (χ2n) is 9.10. The van der Waals surface area contributed by atoms with Crippen molar-refractivity contribution >= 4 is 39.4 Å². The highest BCUT2D eigenvalue weighted by Crippen LogP contribution is 2.24. The third kappa shape index (κ3) is 5.00. The van der Waals surface area contributed by atoms with E-state index in [2.05, 4.69) is 5.32 Å². The average molecular weight is 491 g/mol. The number of fused-ring (bicyclic) bond motifs is 2. The lowest BCUT2D eigenvalue weighted by Crippen LogP contribution is -2.28. The zero-order chi connectivity index (χ0) is 25.9. The number of nitrogens with zero attached hydrogens (tertiary/aromatic N) is 1. The normalized spacial score (nSPS) is 11.8. The van der Waals surface area contributed by atoms with Crippen molar-refractivity contribution in [2.45, 2.75) is 26.5 Å². The van der Waals surface area contributed by atoms with Gasteiger partial charge in [0.25, 0.3) is 5.91 Å². The summed E-state index contributed by atoms with van der Waals surface area (Å²) in [6.07, 6.45) is -1.15. The number of hydrogen-bond donors (Lipinski definition) is 1. The van der Waals surface area contributed by atoms with Gasteiger partial charge in [-0.2, -0.15) is 0 Å². The molecular weight excluding hydrogens is 464 g/mol. The minimum atomic E-state index is -1.15. The van der Waals surface area contributed by atoms with Crippen molar-refractivity contribution < 1.29 is 14.3 Å². The van der Waals surface area contributed by atoms with Crippen LogP contribution in [-0.2, 0) is 20.9 Å². The lowest BCUT2D eigenvalue weighted by atomic mass is 10.1. The van der Waals surface area contributed by atoms with Gasteiger partial charge in [-0.1, -0.05) is 60.7 Å². The first-order valence-corrected chi connectivity index (χ1v) is 12.0. The van der Waals surface area contributed by atoms with E-state index in [9.17, 15) is 14.4 Å². The molecule has 1 atom stereocenters. The second kappa shape index (κ2) is 10.1. The van der Waals surface area contributed by atoms with Gasteiger partial charge < -0.3 is 14.6 Å². The molecule has 6 heteroatoms. The number of carbonyl (C=O) groups is 2. The second-order valence-corrected chi connectivity index (χ2v) is 9.10. The zero-order valence-corrected chi connectivity index (χ0v) is 20.6. The number of benzene rings is 4. The van der Waals surface area contributed by atoms with Crippen molar-refractivity contribution in [1.29, 1.82) is 0 Å². The number of aryl methyl sites for hydroxylation is 2. The van der Waals surface area contributed by atoms with Crippen LogP contribution >= 0.6 is 0 Å². The molecule has 184 valence electrons. The van der Waals surface area contributed by atoms with Crippen molar-refractivity contribution in [3.63, 3.8) is 0 Å². The van der Waals surface area contributed by atoms with Gasteiger partial charge in [0.2, 0.25) is 6.10 Å². The molecule has 5 aromatic rings. The van der Waals surface area contributed by atoms with E-state index in [0.717, 1.165) is 11.1 Å². The van der Waals surface area contributed by atoms with Crippen molar-refractivity contribution in [3.8, 4) is 0 Å². The molecule has 1 aromatic heterocycles. The number of anilines is 1. The SMILES string of the molecule is Cc1cc(C)cc(NC(=O)C(OC(=O)Cn2c3ccccc3c(=O)c3ccccc32)c2ccccc2)c1. The molecule has 0 radical (unpaired) electrons. The first-order chi connectivity index (χ1) is 17.9. The van der Waals surface area contributed by atoms with E-state index in [1.807, 2.05) is 50.2 Å². The molecule has 0 bridgehead atoms. The van der Waals surface area contributed by atoms with Gasteiger partial charge in [-0.05, 0) is 61.4 Å². The number of hydrogen-bond acceptors (Lipinski definition) is 4. The van der Waals surface area contributed by atoms with Crippen LogP contribution in [0.3, 0.4) is 0 Å². The van der Waals surface area contributed by atoms with Crippen LogP contribution in [0.2, 0.25) is 0 Å². The fourth-order valence-corrected chi connectivity index (χ4v) is 4.70. The van der Waals surface area contributed by atoms with Gasteiger partial charge in [0.05, 0.1) is 11.0 Å². The largest absolute Gasteiger partial charge is 0.446 e. The Balaban J connectivity index is 1.49. The van der Waals surface area contributed by atoms with Crippen LogP contribution in [-0.4, -0.2) is 16.4 Å². The Morgan fingerprint density at radius 1 is 0.784 bits per heavy atom.